The maximum Gasteiger partial charge on any atom is 0.303 e. The Hall–Kier alpha value is -2.34. The zero-order chi connectivity index (χ0) is 24.4. The lowest BCUT2D eigenvalue weighted by Gasteiger charge is -2.36. The molecule has 2 saturated carbocycles. The first-order chi connectivity index (χ1) is 16.2. The Bertz CT molecular complexity index is 944. The van der Waals surface area contributed by atoms with Crippen molar-refractivity contribution in [2.24, 2.45) is 29.6 Å². The monoisotopic (exact) mass is 468 g/mol. The highest BCUT2D eigenvalue weighted by Gasteiger charge is 2.46. The summed E-state index contributed by atoms with van der Waals surface area (Å²) < 4.78 is 0. The lowest BCUT2D eigenvalue weighted by Crippen LogP contribution is -2.36. The molecule has 1 amide bonds. The van der Waals surface area contributed by atoms with Gasteiger partial charge in [-0.1, -0.05) is 31.5 Å². The zero-order valence-corrected chi connectivity index (χ0v) is 21.0. The summed E-state index contributed by atoms with van der Waals surface area (Å²) in [5, 5.41) is 12.4. The third-order valence-corrected chi connectivity index (χ3v) is 7.65. The number of aryl methyl sites for hydroxylation is 2. The molecule has 4 rings (SSSR count). The van der Waals surface area contributed by atoms with Crippen LogP contribution in [0.2, 0.25) is 0 Å². The highest BCUT2D eigenvalue weighted by atomic mass is 16.7. The zero-order valence-electron chi connectivity index (χ0n) is 21.0. The van der Waals surface area contributed by atoms with Gasteiger partial charge in [-0.2, -0.15) is 0 Å². The summed E-state index contributed by atoms with van der Waals surface area (Å²) in [6.45, 7) is 8.58. The molecule has 3 N–H and O–H groups in total. The van der Waals surface area contributed by atoms with Crippen LogP contribution in [0.3, 0.4) is 0 Å². The summed E-state index contributed by atoms with van der Waals surface area (Å²) in [6.07, 6.45) is 6.68. The van der Waals surface area contributed by atoms with Crippen molar-refractivity contribution in [2.45, 2.75) is 85.1 Å². The molecule has 2 aliphatic carbocycles. The van der Waals surface area contributed by atoms with Gasteiger partial charge >= 0.3 is 5.97 Å². The normalized spacial score (nSPS) is 25.1. The SMILES string of the molecule is Cc1ccc(NC(=O)CC(CCC(=O)O)C2NOC(C3CC(CC(C)C)C3)=C2C2CC2)c(C)c1. The number of nitrogens with one attached hydrogen (secondary N) is 2. The highest BCUT2D eigenvalue weighted by Crippen LogP contribution is 2.51. The fourth-order valence-corrected chi connectivity index (χ4v) is 5.82. The van der Waals surface area contributed by atoms with Crippen molar-refractivity contribution in [1.82, 2.24) is 5.48 Å². The van der Waals surface area contributed by atoms with Gasteiger partial charge in [-0.15, -0.1) is 5.48 Å². The number of aliphatic carboxylic acids is 1. The maximum absolute atomic E-state index is 13.0. The highest BCUT2D eigenvalue weighted by molar-refractivity contribution is 5.91. The second-order valence-electron chi connectivity index (χ2n) is 11.2. The molecule has 2 fully saturated rings. The Morgan fingerprint density at radius 1 is 1.18 bits per heavy atom. The van der Waals surface area contributed by atoms with E-state index in [0.717, 1.165) is 41.3 Å². The molecule has 6 heteroatoms. The maximum atomic E-state index is 13.0. The number of allylic oxidation sites excluding steroid dienone is 1. The topological polar surface area (TPSA) is 87.7 Å². The second kappa shape index (κ2) is 10.5. The number of carboxylic acid groups (broad SMARTS) is 1. The molecular weight excluding hydrogens is 428 g/mol. The van der Waals surface area contributed by atoms with Crippen LogP contribution in [-0.2, 0) is 14.4 Å². The van der Waals surface area contributed by atoms with Crippen molar-refractivity contribution in [2.75, 3.05) is 5.32 Å². The van der Waals surface area contributed by atoms with Gasteiger partial charge in [0.05, 0.1) is 6.04 Å². The number of hydrogen-bond acceptors (Lipinski definition) is 4. The number of carbonyl (C=O) groups excluding carboxylic acids is 1. The fourth-order valence-electron chi connectivity index (χ4n) is 5.82. The van der Waals surface area contributed by atoms with Crippen molar-refractivity contribution in [1.29, 1.82) is 0 Å². The van der Waals surface area contributed by atoms with Gasteiger partial charge in [-0.25, -0.2) is 0 Å². The molecule has 2 atom stereocenters. The van der Waals surface area contributed by atoms with E-state index in [1.807, 2.05) is 26.0 Å². The largest absolute Gasteiger partial charge is 0.481 e. The molecule has 2 unspecified atom stereocenters. The first kappa shape index (κ1) is 24.8. The smallest absolute Gasteiger partial charge is 0.303 e. The molecule has 0 radical (unpaired) electrons. The van der Waals surface area contributed by atoms with Crippen molar-refractivity contribution in [3.63, 3.8) is 0 Å². The molecule has 1 aliphatic heterocycles. The molecule has 0 saturated heterocycles. The standard InChI is InChI=1S/C28H40N2O4/c1-16(2)11-19-13-22(14-19)28-26(20-6-7-20)27(30-34-28)21(8-10-25(32)33)15-24(31)29-23-9-5-17(3)12-18(23)4/h5,9,12,16,19-22,27,30H,6-8,10-11,13-15H2,1-4H3,(H,29,31)(H,32,33). The summed E-state index contributed by atoms with van der Waals surface area (Å²) in [7, 11) is 0. The summed E-state index contributed by atoms with van der Waals surface area (Å²) in [4.78, 5) is 30.5. The molecule has 0 bridgehead atoms. The molecule has 186 valence electrons. The minimum atomic E-state index is -0.827. The van der Waals surface area contributed by atoms with Crippen LogP contribution in [0.15, 0.2) is 29.5 Å². The Labute approximate surface area is 203 Å². The van der Waals surface area contributed by atoms with Crippen LogP contribution < -0.4 is 10.8 Å². The van der Waals surface area contributed by atoms with Crippen molar-refractivity contribution in [3.8, 4) is 0 Å². The summed E-state index contributed by atoms with van der Waals surface area (Å²) in [6, 6.07) is 5.89. The predicted octanol–water partition coefficient (Wildman–Crippen LogP) is 5.75. The van der Waals surface area contributed by atoms with Gasteiger partial charge in [0.15, 0.2) is 0 Å². The minimum Gasteiger partial charge on any atom is -0.481 e. The third-order valence-electron chi connectivity index (χ3n) is 7.65. The predicted molar refractivity (Wildman–Crippen MR) is 133 cm³/mol. The Morgan fingerprint density at radius 2 is 1.91 bits per heavy atom. The number of rotatable bonds is 11. The molecular formula is C28H40N2O4. The van der Waals surface area contributed by atoms with E-state index in [0.29, 0.717) is 24.2 Å². The van der Waals surface area contributed by atoms with E-state index in [1.165, 1.54) is 24.8 Å². The van der Waals surface area contributed by atoms with E-state index in [4.69, 9.17) is 4.84 Å². The molecule has 0 spiro atoms. The van der Waals surface area contributed by atoms with Gasteiger partial charge in [0.2, 0.25) is 5.91 Å². The Morgan fingerprint density at radius 3 is 2.53 bits per heavy atom. The number of amides is 1. The minimum absolute atomic E-state index is 0.0485. The Kier molecular flexibility index (Phi) is 7.66. The average molecular weight is 469 g/mol. The van der Waals surface area contributed by atoms with Crippen LogP contribution in [-0.4, -0.2) is 23.0 Å². The van der Waals surface area contributed by atoms with Gasteiger partial charge in [0, 0.05) is 24.4 Å². The van der Waals surface area contributed by atoms with Crippen molar-refractivity contribution in [3.05, 3.63) is 40.7 Å². The van der Waals surface area contributed by atoms with Crippen LogP contribution in [0.25, 0.3) is 0 Å². The molecule has 0 aromatic heterocycles. The molecule has 1 heterocycles. The van der Waals surface area contributed by atoms with Gasteiger partial charge in [0.25, 0.3) is 0 Å². The molecule has 1 aromatic rings. The average Bonchev–Trinajstić information content (AvgIpc) is 3.48. The number of carbonyl (C=O) groups is 2. The van der Waals surface area contributed by atoms with Crippen LogP contribution in [0, 0.1) is 43.4 Å². The van der Waals surface area contributed by atoms with E-state index in [2.05, 4.69) is 30.7 Å². The first-order valence-corrected chi connectivity index (χ1v) is 13.0. The van der Waals surface area contributed by atoms with Crippen molar-refractivity contribution >= 4 is 17.6 Å². The van der Waals surface area contributed by atoms with Crippen molar-refractivity contribution < 1.29 is 19.5 Å². The van der Waals surface area contributed by atoms with Crippen LogP contribution in [0.5, 0.6) is 0 Å². The van der Waals surface area contributed by atoms with Gasteiger partial charge in [-0.3, -0.25) is 9.59 Å². The quantitative estimate of drug-likeness (QED) is 0.385. The fraction of sp³-hybridized carbons (Fsp3) is 0.643. The van der Waals surface area contributed by atoms with Crippen LogP contribution >= 0.6 is 0 Å². The van der Waals surface area contributed by atoms with E-state index in [1.54, 1.807) is 0 Å². The van der Waals surface area contributed by atoms with Crippen LogP contribution in [0.4, 0.5) is 5.69 Å². The number of hydrogen-bond donors (Lipinski definition) is 3. The lowest BCUT2D eigenvalue weighted by atomic mass is 9.69. The molecule has 1 aromatic carbocycles. The lowest BCUT2D eigenvalue weighted by molar-refractivity contribution is -0.137. The number of carboxylic acids is 1. The molecule has 34 heavy (non-hydrogen) atoms. The van der Waals surface area contributed by atoms with Crippen LogP contribution in [0.1, 0.15) is 76.3 Å². The summed E-state index contributed by atoms with van der Waals surface area (Å²) in [5.41, 5.74) is 7.56. The van der Waals surface area contributed by atoms with E-state index in [-0.39, 0.29) is 30.7 Å². The third kappa shape index (κ3) is 6.01. The summed E-state index contributed by atoms with van der Waals surface area (Å²) >= 11 is 0. The Balaban J connectivity index is 1.48. The van der Waals surface area contributed by atoms with E-state index >= 15 is 0 Å². The number of anilines is 1. The molecule has 3 aliphatic rings. The van der Waals surface area contributed by atoms with Gasteiger partial charge in [-0.05, 0) is 93.2 Å². The summed E-state index contributed by atoms with van der Waals surface area (Å²) in [5.74, 6) is 2.53. The van der Waals surface area contributed by atoms with E-state index in [9.17, 15) is 14.7 Å². The first-order valence-electron chi connectivity index (χ1n) is 13.0. The molecule has 6 nitrogen and oxygen atoms in total. The van der Waals surface area contributed by atoms with Gasteiger partial charge < -0.3 is 15.3 Å². The van der Waals surface area contributed by atoms with E-state index < -0.39 is 5.97 Å². The number of hydroxylamine groups is 1. The number of benzene rings is 1. The second-order valence-corrected chi connectivity index (χ2v) is 11.2. The van der Waals surface area contributed by atoms with Gasteiger partial charge in [0.1, 0.15) is 5.76 Å².